The third-order valence-corrected chi connectivity index (χ3v) is 4.76. The lowest BCUT2D eigenvalue weighted by molar-refractivity contribution is 0.902. The van der Waals surface area contributed by atoms with E-state index in [0.29, 0.717) is 17.3 Å². The van der Waals surface area contributed by atoms with Crippen molar-refractivity contribution < 1.29 is 0 Å². The molecule has 0 saturated carbocycles. The lowest BCUT2D eigenvalue weighted by Crippen LogP contribution is -2.04. The molecule has 0 N–H and O–H groups in total. The summed E-state index contributed by atoms with van der Waals surface area (Å²) in [6.45, 7) is 2.00. The second-order valence-corrected chi connectivity index (χ2v) is 6.31. The van der Waals surface area contributed by atoms with Crippen LogP contribution in [0.25, 0.3) is 16.9 Å². The first-order valence-electron chi connectivity index (χ1n) is 6.46. The number of aryl methyl sites for hydroxylation is 2. The first-order chi connectivity index (χ1) is 10.1. The number of rotatable bonds is 3. The molecule has 6 heteroatoms. The molecular formula is C15H12BrCl2N3. The van der Waals surface area contributed by atoms with Gasteiger partial charge in [0.25, 0.3) is 0 Å². The van der Waals surface area contributed by atoms with Gasteiger partial charge in [-0.15, -0.1) is 11.6 Å². The van der Waals surface area contributed by atoms with E-state index in [4.69, 9.17) is 23.2 Å². The summed E-state index contributed by atoms with van der Waals surface area (Å²) in [5, 5.41) is 0.651. The molecule has 0 aliphatic rings. The zero-order chi connectivity index (χ0) is 15.0. The predicted octanol–water partition coefficient (Wildman–Crippen LogP) is 4.93. The molecule has 0 saturated heterocycles. The van der Waals surface area contributed by atoms with Crippen LogP contribution >= 0.6 is 39.1 Å². The Hall–Kier alpha value is -1.10. The minimum Gasteiger partial charge on any atom is -0.279 e. The van der Waals surface area contributed by atoms with Crippen molar-refractivity contribution in [1.29, 1.82) is 0 Å². The number of halogens is 3. The van der Waals surface area contributed by atoms with Gasteiger partial charge in [0.1, 0.15) is 11.3 Å². The summed E-state index contributed by atoms with van der Waals surface area (Å²) in [4.78, 5) is 9.19. The van der Waals surface area contributed by atoms with Crippen LogP contribution in [0.1, 0.15) is 11.4 Å². The van der Waals surface area contributed by atoms with Gasteiger partial charge in [-0.05, 0) is 46.6 Å². The number of fused-ring (bicyclic) bond motifs is 1. The Balaban J connectivity index is 2.33. The Labute approximate surface area is 141 Å². The van der Waals surface area contributed by atoms with Gasteiger partial charge in [0.2, 0.25) is 0 Å². The van der Waals surface area contributed by atoms with E-state index < -0.39 is 0 Å². The summed E-state index contributed by atoms with van der Waals surface area (Å²) in [5.74, 6) is 1.38. The van der Waals surface area contributed by atoms with Crippen LogP contribution in [0.3, 0.4) is 0 Å². The fourth-order valence-electron chi connectivity index (χ4n) is 2.28. The van der Waals surface area contributed by atoms with E-state index in [-0.39, 0.29) is 0 Å². The summed E-state index contributed by atoms with van der Waals surface area (Å²) in [6.07, 6.45) is 2.50. The molecule has 3 rings (SSSR count). The molecule has 3 nitrogen and oxygen atoms in total. The number of benzene rings is 1. The highest BCUT2D eigenvalue weighted by molar-refractivity contribution is 9.10. The second-order valence-electron chi connectivity index (χ2n) is 4.73. The van der Waals surface area contributed by atoms with Crippen molar-refractivity contribution in [1.82, 2.24) is 14.5 Å². The maximum Gasteiger partial charge on any atom is 0.164 e. The molecule has 0 bridgehead atoms. The van der Waals surface area contributed by atoms with E-state index in [1.54, 1.807) is 0 Å². The van der Waals surface area contributed by atoms with E-state index in [9.17, 15) is 0 Å². The Kier molecular flexibility index (Phi) is 4.20. The molecule has 1 aromatic carbocycles. The van der Waals surface area contributed by atoms with Gasteiger partial charge in [-0.3, -0.25) is 4.57 Å². The van der Waals surface area contributed by atoms with Crippen LogP contribution in [0.5, 0.6) is 0 Å². The molecule has 108 valence electrons. The lowest BCUT2D eigenvalue weighted by Gasteiger charge is -2.11. The van der Waals surface area contributed by atoms with Gasteiger partial charge in [-0.2, -0.15) is 0 Å². The quantitative estimate of drug-likeness (QED) is 0.599. The van der Waals surface area contributed by atoms with Crippen LogP contribution < -0.4 is 0 Å². The summed E-state index contributed by atoms with van der Waals surface area (Å²) < 4.78 is 2.83. The van der Waals surface area contributed by atoms with Gasteiger partial charge in [-0.25, -0.2) is 9.97 Å². The van der Waals surface area contributed by atoms with Crippen molar-refractivity contribution in [3.63, 3.8) is 0 Å². The summed E-state index contributed by atoms with van der Waals surface area (Å²) >= 11 is 15.7. The molecule has 21 heavy (non-hydrogen) atoms. The topological polar surface area (TPSA) is 30.7 Å². The van der Waals surface area contributed by atoms with Gasteiger partial charge >= 0.3 is 0 Å². The number of hydrogen-bond donors (Lipinski definition) is 0. The molecule has 0 amide bonds. The summed E-state index contributed by atoms with van der Waals surface area (Å²) in [6, 6.07) is 7.76. The van der Waals surface area contributed by atoms with Gasteiger partial charge in [0.05, 0.1) is 15.2 Å². The number of pyridine rings is 1. The van der Waals surface area contributed by atoms with Gasteiger partial charge in [-0.1, -0.05) is 17.7 Å². The second kappa shape index (κ2) is 5.95. The Bertz CT molecular complexity index is 814. The molecule has 0 unspecified atom stereocenters. The van der Waals surface area contributed by atoms with Crippen LogP contribution in [0.15, 0.2) is 34.9 Å². The first kappa shape index (κ1) is 14.8. The monoisotopic (exact) mass is 383 g/mol. The van der Waals surface area contributed by atoms with E-state index >= 15 is 0 Å². The molecule has 2 aromatic heterocycles. The fraction of sp³-hybridized carbons (Fsp3) is 0.200. The highest BCUT2D eigenvalue weighted by Crippen LogP contribution is 2.32. The average Bonchev–Trinajstić information content (AvgIpc) is 2.79. The standard InChI is InChI=1S/C15H12BrCl2N3/c1-9-7-11-15(19-8-9)21(13(20-11)5-6-17)12-4-2-3-10(18)14(12)16/h2-4,7-8H,5-6H2,1H3. The van der Waals surface area contributed by atoms with E-state index in [2.05, 4.69) is 25.9 Å². The van der Waals surface area contributed by atoms with Gasteiger partial charge < -0.3 is 0 Å². The molecular weight excluding hydrogens is 373 g/mol. The van der Waals surface area contributed by atoms with Crippen LogP contribution in [-0.4, -0.2) is 20.4 Å². The highest BCUT2D eigenvalue weighted by atomic mass is 79.9. The number of hydrogen-bond acceptors (Lipinski definition) is 2. The van der Waals surface area contributed by atoms with Crippen LogP contribution in [0.4, 0.5) is 0 Å². The predicted molar refractivity (Wildman–Crippen MR) is 90.7 cm³/mol. The minimum atomic E-state index is 0.500. The fourth-order valence-corrected chi connectivity index (χ4v) is 3.06. The Morgan fingerprint density at radius 1 is 1.33 bits per heavy atom. The van der Waals surface area contributed by atoms with Crippen molar-refractivity contribution in [2.24, 2.45) is 0 Å². The van der Waals surface area contributed by atoms with Crippen LogP contribution in [0, 0.1) is 6.92 Å². The molecule has 0 aliphatic carbocycles. The highest BCUT2D eigenvalue weighted by Gasteiger charge is 2.16. The largest absolute Gasteiger partial charge is 0.279 e. The molecule has 2 heterocycles. The zero-order valence-corrected chi connectivity index (χ0v) is 14.4. The van der Waals surface area contributed by atoms with Gasteiger partial charge in [0.15, 0.2) is 5.65 Å². The molecule has 0 radical (unpaired) electrons. The lowest BCUT2D eigenvalue weighted by atomic mass is 10.3. The number of imidazole rings is 1. The molecule has 0 fully saturated rings. The summed E-state index contributed by atoms with van der Waals surface area (Å²) in [5.41, 5.74) is 3.67. The summed E-state index contributed by atoms with van der Waals surface area (Å²) in [7, 11) is 0. The first-order valence-corrected chi connectivity index (χ1v) is 8.16. The van der Waals surface area contributed by atoms with Crippen molar-refractivity contribution in [3.05, 3.63) is 51.3 Å². The van der Waals surface area contributed by atoms with E-state index in [1.165, 1.54) is 0 Å². The SMILES string of the molecule is Cc1cnc2c(c1)nc(CCCl)n2-c1cccc(Cl)c1Br. The molecule has 3 aromatic rings. The number of nitrogens with zero attached hydrogens (tertiary/aromatic N) is 3. The van der Waals surface area contributed by atoms with Crippen molar-refractivity contribution in [3.8, 4) is 5.69 Å². The number of aromatic nitrogens is 3. The third kappa shape index (κ3) is 2.68. The van der Waals surface area contributed by atoms with E-state index in [1.807, 2.05) is 42.0 Å². The van der Waals surface area contributed by atoms with Crippen LogP contribution in [-0.2, 0) is 6.42 Å². The van der Waals surface area contributed by atoms with Gasteiger partial charge in [0, 0.05) is 18.5 Å². The maximum atomic E-state index is 6.21. The maximum absolute atomic E-state index is 6.21. The van der Waals surface area contributed by atoms with Crippen molar-refractivity contribution in [2.45, 2.75) is 13.3 Å². The van der Waals surface area contributed by atoms with Crippen molar-refractivity contribution >= 4 is 50.3 Å². The smallest absolute Gasteiger partial charge is 0.164 e. The molecule has 0 spiro atoms. The number of alkyl halides is 1. The van der Waals surface area contributed by atoms with Crippen molar-refractivity contribution in [2.75, 3.05) is 5.88 Å². The normalized spacial score (nSPS) is 11.2. The molecule has 0 aliphatic heterocycles. The zero-order valence-electron chi connectivity index (χ0n) is 11.3. The average molecular weight is 385 g/mol. The Morgan fingerprint density at radius 3 is 2.90 bits per heavy atom. The van der Waals surface area contributed by atoms with E-state index in [0.717, 1.165) is 32.7 Å². The minimum absolute atomic E-state index is 0.500. The van der Waals surface area contributed by atoms with Crippen LogP contribution in [0.2, 0.25) is 5.02 Å². The third-order valence-electron chi connectivity index (χ3n) is 3.19. The molecule has 0 atom stereocenters. The Morgan fingerprint density at radius 2 is 2.14 bits per heavy atom.